The van der Waals surface area contributed by atoms with Crippen LogP contribution in [0.15, 0.2) is 58.4 Å². The van der Waals surface area contributed by atoms with Crippen LogP contribution in [0.3, 0.4) is 0 Å². The minimum absolute atomic E-state index is 0. The van der Waals surface area contributed by atoms with Gasteiger partial charge in [0.1, 0.15) is 5.82 Å². The third kappa shape index (κ3) is 6.64. The molecule has 0 aliphatic carbocycles. The summed E-state index contributed by atoms with van der Waals surface area (Å²) >= 11 is 0. The van der Waals surface area contributed by atoms with Gasteiger partial charge in [0.05, 0.1) is 4.90 Å². The van der Waals surface area contributed by atoms with Gasteiger partial charge in [0.15, 0.2) is 5.96 Å². The Labute approximate surface area is 195 Å². The van der Waals surface area contributed by atoms with E-state index in [2.05, 4.69) is 15.6 Å². The first-order valence-corrected chi connectivity index (χ1v) is 11.2. The van der Waals surface area contributed by atoms with Crippen LogP contribution >= 0.6 is 24.0 Å². The van der Waals surface area contributed by atoms with Gasteiger partial charge in [-0.1, -0.05) is 30.7 Å². The summed E-state index contributed by atoms with van der Waals surface area (Å²) < 4.78 is 40.3. The smallest absolute Gasteiger partial charge is 0.243 e. The normalized spacial score (nSPS) is 15.3. The number of hydrogen-bond donors (Lipinski definition) is 2. The molecule has 0 amide bonds. The van der Waals surface area contributed by atoms with Gasteiger partial charge in [-0.05, 0) is 48.2 Å². The fraction of sp³-hybridized carbons (Fsp3) is 0.381. The first-order chi connectivity index (χ1) is 14.0. The second-order valence-electron chi connectivity index (χ2n) is 7.02. The van der Waals surface area contributed by atoms with Crippen molar-refractivity contribution in [2.75, 3.05) is 20.1 Å². The predicted octanol–water partition coefficient (Wildman–Crippen LogP) is 3.48. The van der Waals surface area contributed by atoms with E-state index in [1.165, 1.54) is 12.1 Å². The summed E-state index contributed by atoms with van der Waals surface area (Å²) in [6.45, 7) is 2.12. The van der Waals surface area contributed by atoms with Gasteiger partial charge >= 0.3 is 0 Å². The van der Waals surface area contributed by atoms with E-state index in [1.54, 1.807) is 41.7 Å². The third-order valence-corrected chi connectivity index (χ3v) is 6.80. The van der Waals surface area contributed by atoms with Crippen LogP contribution in [-0.4, -0.2) is 38.8 Å². The van der Waals surface area contributed by atoms with E-state index >= 15 is 0 Å². The monoisotopic (exact) mass is 546 g/mol. The van der Waals surface area contributed by atoms with Gasteiger partial charge in [-0.3, -0.25) is 4.99 Å². The maximum Gasteiger partial charge on any atom is 0.243 e. The Morgan fingerprint density at radius 1 is 1.00 bits per heavy atom. The van der Waals surface area contributed by atoms with Crippen molar-refractivity contribution in [3.63, 3.8) is 0 Å². The highest BCUT2D eigenvalue weighted by atomic mass is 127. The molecule has 1 heterocycles. The van der Waals surface area contributed by atoms with E-state index in [-0.39, 0.29) is 29.8 Å². The Balaban J connectivity index is 0.00000320. The highest BCUT2D eigenvalue weighted by Gasteiger charge is 2.25. The number of halogens is 2. The quantitative estimate of drug-likeness (QED) is 0.331. The van der Waals surface area contributed by atoms with Crippen LogP contribution in [0.25, 0.3) is 0 Å². The molecular formula is C21H28FIN4O2S. The molecule has 2 N–H and O–H groups in total. The largest absolute Gasteiger partial charge is 0.352 e. The Morgan fingerprint density at radius 3 is 2.27 bits per heavy atom. The van der Waals surface area contributed by atoms with Crippen LogP contribution < -0.4 is 10.6 Å². The zero-order valence-electron chi connectivity index (χ0n) is 17.0. The standard InChI is InChI=1S/C21H27FN4O2S.HI/c1-23-21(24-15-17-8-10-19(22)11-9-17)25-16-18-6-5-7-20(14-18)29(27,28)26-12-3-2-4-13-26;/h5-11,14H,2-4,12-13,15-16H2,1H3,(H2,23,24,25);1H. The molecule has 0 radical (unpaired) electrons. The van der Waals surface area contributed by atoms with E-state index in [0.717, 1.165) is 30.4 Å². The Kier molecular flexibility index (Phi) is 9.50. The van der Waals surface area contributed by atoms with Crippen LogP contribution in [0.4, 0.5) is 4.39 Å². The lowest BCUT2D eigenvalue weighted by molar-refractivity contribution is 0.346. The SMILES string of the molecule is CN=C(NCc1ccc(F)cc1)NCc1cccc(S(=O)(=O)N2CCCCC2)c1.I. The molecule has 0 saturated carbocycles. The average molecular weight is 546 g/mol. The van der Waals surface area contributed by atoms with Gasteiger partial charge in [-0.25, -0.2) is 12.8 Å². The summed E-state index contributed by atoms with van der Waals surface area (Å²) in [5, 5.41) is 6.34. The van der Waals surface area contributed by atoms with Crippen LogP contribution in [0.1, 0.15) is 30.4 Å². The van der Waals surface area contributed by atoms with E-state index < -0.39 is 10.0 Å². The highest BCUT2D eigenvalue weighted by Crippen LogP contribution is 2.21. The van der Waals surface area contributed by atoms with Gasteiger partial charge < -0.3 is 10.6 Å². The molecule has 0 atom stereocenters. The molecule has 2 aromatic rings. The van der Waals surface area contributed by atoms with Crippen molar-refractivity contribution < 1.29 is 12.8 Å². The summed E-state index contributed by atoms with van der Waals surface area (Å²) in [5.74, 6) is 0.314. The van der Waals surface area contributed by atoms with E-state index in [0.29, 0.717) is 37.0 Å². The number of aliphatic imine (C=N–C) groups is 1. The summed E-state index contributed by atoms with van der Waals surface area (Å²) in [4.78, 5) is 4.50. The number of nitrogens with zero attached hydrogens (tertiary/aromatic N) is 2. The number of piperidine rings is 1. The van der Waals surface area contributed by atoms with Gasteiger partial charge in [-0.2, -0.15) is 4.31 Å². The van der Waals surface area contributed by atoms with Gasteiger partial charge in [0.2, 0.25) is 10.0 Å². The fourth-order valence-electron chi connectivity index (χ4n) is 3.26. The molecule has 3 rings (SSSR count). The number of nitrogens with one attached hydrogen (secondary N) is 2. The molecule has 0 aromatic heterocycles. The molecule has 30 heavy (non-hydrogen) atoms. The second kappa shape index (κ2) is 11.6. The Hall–Kier alpha value is -1.72. The molecule has 1 fully saturated rings. The minimum atomic E-state index is -3.45. The topological polar surface area (TPSA) is 73.8 Å². The lowest BCUT2D eigenvalue weighted by Gasteiger charge is -2.26. The van der Waals surface area contributed by atoms with Crippen molar-refractivity contribution in [3.8, 4) is 0 Å². The van der Waals surface area contributed by atoms with Crippen molar-refractivity contribution >= 4 is 40.0 Å². The zero-order valence-corrected chi connectivity index (χ0v) is 20.1. The van der Waals surface area contributed by atoms with Crippen LogP contribution in [0.2, 0.25) is 0 Å². The molecule has 1 saturated heterocycles. The fourth-order valence-corrected chi connectivity index (χ4v) is 4.85. The summed E-state index contributed by atoms with van der Waals surface area (Å²) in [6, 6.07) is 13.3. The molecule has 1 aliphatic rings. The maximum atomic E-state index is 13.0. The Morgan fingerprint density at radius 2 is 1.63 bits per heavy atom. The molecule has 2 aromatic carbocycles. The van der Waals surface area contributed by atoms with Crippen LogP contribution in [0.5, 0.6) is 0 Å². The molecule has 1 aliphatic heterocycles. The van der Waals surface area contributed by atoms with Crippen molar-refractivity contribution in [2.45, 2.75) is 37.2 Å². The zero-order chi connectivity index (χ0) is 20.7. The van der Waals surface area contributed by atoms with Gasteiger partial charge in [-0.15, -0.1) is 24.0 Å². The minimum Gasteiger partial charge on any atom is -0.352 e. The van der Waals surface area contributed by atoms with E-state index in [4.69, 9.17) is 0 Å². The summed E-state index contributed by atoms with van der Waals surface area (Å²) in [6.07, 6.45) is 2.91. The first-order valence-electron chi connectivity index (χ1n) is 9.77. The number of rotatable bonds is 6. The lowest BCUT2D eigenvalue weighted by Crippen LogP contribution is -2.36. The van der Waals surface area contributed by atoms with E-state index in [9.17, 15) is 12.8 Å². The molecule has 9 heteroatoms. The number of hydrogen-bond acceptors (Lipinski definition) is 3. The van der Waals surface area contributed by atoms with Crippen LogP contribution in [-0.2, 0) is 23.1 Å². The summed E-state index contributed by atoms with van der Waals surface area (Å²) in [7, 11) is -1.79. The number of guanidine groups is 1. The molecule has 0 spiro atoms. The maximum absolute atomic E-state index is 13.0. The number of benzene rings is 2. The van der Waals surface area contributed by atoms with Crippen molar-refractivity contribution in [1.29, 1.82) is 0 Å². The van der Waals surface area contributed by atoms with Crippen molar-refractivity contribution in [3.05, 3.63) is 65.5 Å². The Bertz CT molecular complexity index is 946. The molecular weight excluding hydrogens is 518 g/mol. The van der Waals surface area contributed by atoms with Gasteiger partial charge in [0.25, 0.3) is 0 Å². The lowest BCUT2D eigenvalue weighted by atomic mass is 10.2. The highest BCUT2D eigenvalue weighted by molar-refractivity contribution is 14.0. The van der Waals surface area contributed by atoms with Crippen LogP contribution in [0, 0.1) is 5.82 Å². The van der Waals surface area contributed by atoms with Crippen molar-refractivity contribution in [2.24, 2.45) is 4.99 Å². The van der Waals surface area contributed by atoms with E-state index in [1.807, 2.05) is 6.07 Å². The third-order valence-electron chi connectivity index (χ3n) is 4.91. The average Bonchev–Trinajstić information content (AvgIpc) is 2.76. The van der Waals surface area contributed by atoms with Gasteiger partial charge in [0, 0.05) is 33.2 Å². The predicted molar refractivity (Wildman–Crippen MR) is 128 cm³/mol. The van der Waals surface area contributed by atoms with Crippen molar-refractivity contribution in [1.82, 2.24) is 14.9 Å². The molecule has 0 bridgehead atoms. The number of sulfonamides is 1. The molecule has 0 unspecified atom stereocenters. The summed E-state index contributed by atoms with van der Waals surface area (Å²) in [5.41, 5.74) is 1.79. The first kappa shape index (κ1) is 24.5. The molecule has 164 valence electrons. The second-order valence-corrected chi connectivity index (χ2v) is 8.96. The molecule has 6 nitrogen and oxygen atoms in total.